The van der Waals surface area contributed by atoms with E-state index in [9.17, 15) is 13.2 Å². The summed E-state index contributed by atoms with van der Waals surface area (Å²) in [4.78, 5) is 16.8. The summed E-state index contributed by atoms with van der Waals surface area (Å²) >= 11 is 0. The van der Waals surface area contributed by atoms with Gasteiger partial charge in [0.2, 0.25) is 0 Å². The van der Waals surface area contributed by atoms with Crippen molar-refractivity contribution >= 4 is 21.4 Å². The maximum absolute atomic E-state index is 12.7. The Morgan fingerprint density at radius 3 is 2.35 bits per heavy atom. The molecular weight excluding hydrogens is 352 g/mol. The molecule has 26 heavy (non-hydrogen) atoms. The molecule has 0 N–H and O–H groups in total. The van der Waals surface area contributed by atoms with Gasteiger partial charge in [-0.1, -0.05) is 18.2 Å². The zero-order valence-corrected chi connectivity index (χ0v) is 15.7. The average Bonchev–Trinajstić information content (AvgIpc) is 2.67. The van der Waals surface area contributed by atoms with Gasteiger partial charge in [-0.3, -0.25) is 4.79 Å². The van der Waals surface area contributed by atoms with Gasteiger partial charge in [-0.15, -0.1) is 0 Å². The second-order valence-electron chi connectivity index (χ2n) is 6.25. The zero-order valence-electron chi connectivity index (χ0n) is 14.9. The predicted octanol–water partition coefficient (Wildman–Crippen LogP) is 2.06. The molecule has 0 atom stereocenters. The van der Waals surface area contributed by atoms with Crippen molar-refractivity contribution < 1.29 is 17.9 Å². The van der Waals surface area contributed by atoms with Crippen molar-refractivity contribution in [3.05, 3.63) is 54.1 Å². The first kappa shape index (κ1) is 18.3. The molecule has 3 rings (SSSR count). The van der Waals surface area contributed by atoms with E-state index in [1.807, 2.05) is 24.3 Å². The van der Waals surface area contributed by atoms with E-state index in [1.165, 1.54) is 12.1 Å². The van der Waals surface area contributed by atoms with Crippen molar-refractivity contribution in [2.24, 2.45) is 0 Å². The number of sulfone groups is 1. The number of nitrogens with zero attached hydrogens (tertiary/aromatic N) is 2. The minimum absolute atomic E-state index is 0.143. The molecule has 0 aromatic heterocycles. The Hall–Kier alpha value is -2.54. The van der Waals surface area contributed by atoms with E-state index in [0.717, 1.165) is 17.7 Å². The average molecular weight is 374 g/mol. The molecule has 1 saturated heterocycles. The van der Waals surface area contributed by atoms with Gasteiger partial charge >= 0.3 is 0 Å². The molecule has 138 valence electrons. The fourth-order valence-corrected chi connectivity index (χ4v) is 3.75. The van der Waals surface area contributed by atoms with E-state index in [0.29, 0.717) is 31.7 Å². The van der Waals surface area contributed by atoms with E-state index in [4.69, 9.17) is 4.74 Å². The number of methoxy groups -OCH3 is 1. The Balaban J connectivity index is 1.71. The molecule has 6 nitrogen and oxygen atoms in total. The van der Waals surface area contributed by atoms with Crippen LogP contribution in [-0.2, 0) is 9.84 Å². The number of piperazine rings is 1. The van der Waals surface area contributed by atoms with Crippen molar-refractivity contribution in [2.75, 3.05) is 44.4 Å². The lowest BCUT2D eigenvalue weighted by atomic mass is 10.1. The van der Waals surface area contributed by atoms with E-state index >= 15 is 0 Å². The fourth-order valence-electron chi connectivity index (χ4n) is 3.08. The largest absolute Gasteiger partial charge is 0.495 e. The monoisotopic (exact) mass is 374 g/mol. The molecule has 2 aromatic rings. The minimum Gasteiger partial charge on any atom is -0.495 e. The molecule has 0 bridgehead atoms. The Labute approximate surface area is 153 Å². The Kier molecular flexibility index (Phi) is 5.18. The van der Waals surface area contributed by atoms with Crippen LogP contribution in [0.3, 0.4) is 0 Å². The summed E-state index contributed by atoms with van der Waals surface area (Å²) in [5, 5.41) is 0. The van der Waals surface area contributed by atoms with Crippen molar-refractivity contribution in [2.45, 2.75) is 4.90 Å². The Morgan fingerprint density at radius 1 is 1.00 bits per heavy atom. The van der Waals surface area contributed by atoms with E-state index in [-0.39, 0.29) is 10.8 Å². The van der Waals surface area contributed by atoms with Gasteiger partial charge in [0.25, 0.3) is 5.91 Å². The molecule has 2 aromatic carbocycles. The van der Waals surface area contributed by atoms with Gasteiger partial charge in [-0.05, 0) is 30.3 Å². The second-order valence-corrected chi connectivity index (χ2v) is 8.27. The van der Waals surface area contributed by atoms with E-state index in [1.54, 1.807) is 24.1 Å². The van der Waals surface area contributed by atoms with Crippen molar-refractivity contribution in [3.63, 3.8) is 0 Å². The molecule has 1 amide bonds. The third kappa shape index (κ3) is 3.83. The molecule has 7 heteroatoms. The van der Waals surface area contributed by atoms with Gasteiger partial charge in [-0.25, -0.2) is 8.42 Å². The number of hydrogen-bond acceptors (Lipinski definition) is 5. The molecule has 1 fully saturated rings. The Morgan fingerprint density at radius 2 is 1.69 bits per heavy atom. The normalized spacial score (nSPS) is 15.0. The number of benzene rings is 2. The first-order valence-electron chi connectivity index (χ1n) is 8.37. The molecule has 1 aliphatic heterocycles. The molecular formula is C19H22N2O4S. The quantitative estimate of drug-likeness (QED) is 0.820. The number of ether oxygens (including phenoxy) is 1. The lowest BCUT2D eigenvalue weighted by Crippen LogP contribution is -2.48. The van der Waals surface area contributed by atoms with Crippen molar-refractivity contribution in [1.29, 1.82) is 0 Å². The third-order valence-electron chi connectivity index (χ3n) is 4.50. The lowest BCUT2D eigenvalue weighted by molar-refractivity contribution is 0.0746. The Bertz CT molecular complexity index is 903. The number of rotatable bonds is 4. The number of para-hydroxylation sites is 2. The van der Waals surface area contributed by atoms with Crippen LogP contribution in [0.2, 0.25) is 0 Å². The highest BCUT2D eigenvalue weighted by atomic mass is 32.2. The molecule has 0 unspecified atom stereocenters. The van der Waals surface area contributed by atoms with Gasteiger partial charge in [-0.2, -0.15) is 0 Å². The number of carbonyl (C=O) groups excluding carboxylic acids is 1. The summed E-state index contributed by atoms with van der Waals surface area (Å²) in [5.41, 5.74) is 1.42. The number of amides is 1. The molecule has 0 radical (unpaired) electrons. The van der Waals surface area contributed by atoms with Crippen LogP contribution >= 0.6 is 0 Å². The highest BCUT2D eigenvalue weighted by Crippen LogP contribution is 2.28. The van der Waals surface area contributed by atoms with Crippen molar-refractivity contribution in [1.82, 2.24) is 4.90 Å². The maximum Gasteiger partial charge on any atom is 0.254 e. The topological polar surface area (TPSA) is 66.9 Å². The number of carbonyl (C=O) groups is 1. The minimum atomic E-state index is -3.33. The first-order valence-corrected chi connectivity index (χ1v) is 10.3. The second kappa shape index (κ2) is 7.37. The molecule has 1 heterocycles. The predicted molar refractivity (Wildman–Crippen MR) is 101 cm³/mol. The van der Waals surface area contributed by atoms with Crippen LogP contribution < -0.4 is 9.64 Å². The maximum atomic E-state index is 12.7. The summed E-state index contributed by atoms with van der Waals surface area (Å²) in [6, 6.07) is 14.0. The molecule has 0 spiro atoms. The van der Waals surface area contributed by atoms with Gasteiger partial charge in [0.1, 0.15) is 5.75 Å². The number of anilines is 1. The van der Waals surface area contributed by atoms with Crippen LogP contribution in [0.15, 0.2) is 53.4 Å². The smallest absolute Gasteiger partial charge is 0.254 e. The summed E-state index contributed by atoms with van der Waals surface area (Å²) in [7, 11) is -1.69. The molecule has 0 saturated carbocycles. The number of hydrogen-bond donors (Lipinski definition) is 0. The summed E-state index contributed by atoms with van der Waals surface area (Å²) < 4.78 is 28.8. The van der Waals surface area contributed by atoms with Crippen LogP contribution in [0.5, 0.6) is 5.75 Å². The summed E-state index contributed by atoms with van der Waals surface area (Å²) in [6.45, 7) is 2.52. The van der Waals surface area contributed by atoms with Crippen LogP contribution in [-0.4, -0.2) is 58.8 Å². The summed E-state index contributed by atoms with van der Waals surface area (Å²) in [6.07, 6.45) is 1.14. The van der Waals surface area contributed by atoms with Gasteiger partial charge in [0, 0.05) is 38.0 Å². The first-order chi connectivity index (χ1) is 12.4. The fraction of sp³-hybridized carbons (Fsp3) is 0.316. The van der Waals surface area contributed by atoms with E-state index in [2.05, 4.69) is 4.90 Å². The molecule has 1 aliphatic rings. The standard InChI is InChI=1S/C19H22N2O4S/c1-25-18-9-4-3-8-17(18)20-10-12-21(13-11-20)19(22)15-6-5-7-16(14-15)26(2,23)24/h3-9,14H,10-13H2,1-2H3. The van der Waals surface area contributed by atoms with Gasteiger partial charge in [0.15, 0.2) is 9.84 Å². The van der Waals surface area contributed by atoms with Gasteiger partial charge < -0.3 is 14.5 Å². The lowest BCUT2D eigenvalue weighted by Gasteiger charge is -2.36. The summed E-state index contributed by atoms with van der Waals surface area (Å²) in [5.74, 6) is 0.670. The SMILES string of the molecule is COc1ccccc1N1CCN(C(=O)c2cccc(S(C)(=O)=O)c2)CC1. The van der Waals surface area contributed by atoms with Crippen molar-refractivity contribution in [3.8, 4) is 5.75 Å². The third-order valence-corrected chi connectivity index (χ3v) is 5.61. The van der Waals surface area contributed by atoms with E-state index < -0.39 is 9.84 Å². The van der Waals surface area contributed by atoms with Crippen LogP contribution in [0.25, 0.3) is 0 Å². The zero-order chi connectivity index (χ0) is 18.7. The van der Waals surface area contributed by atoms with Crippen LogP contribution in [0.4, 0.5) is 5.69 Å². The highest BCUT2D eigenvalue weighted by Gasteiger charge is 2.24. The molecule has 0 aliphatic carbocycles. The van der Waals surface area contributed by atoms with Crippen LogP contribution in [0, 0.1) is 0 Å². The van der Waals surface area contributed by atoms with Gasteiger partial charge in [0.05, 0.1) is 17.7 Å². The van der Waals surface area contributed by atoms with Crippen LogP contribution in [0.1, 0.15) is 10.4 Å². The highest BCUT2D eigenvalue weighted by molar-refractivity contribution is 7.90.